The third kappa shape index (κ3) is 4.96. The molecule has 0 heterocycles. The average molecular weight is 239 g/mol. The van der Waals surface area contributed by atoms with E-state index >= 15 is 0 Å². The summed E-state index contributed by atoms with van der Waals surface area (Å²) in [6.45, 7) is 9.92. The van der Waals surface area contributed by atoms with E-state index in [2.05, 4.69) is 56.7 Å². The molecule has 0 saturated carbocycles. The summed E-state index contributed by atoms with van der Waals surface area (Å²) in [5.74, 6) is 0.653. The van der Waals surface area contributed by atoms with Gasteiger partial charge in [0.1, 0.15) is 0 Å². The molecule has 0 amide bonds. The lowest BCUT2D eigenvalue weighted by Crippen LogP contribution is -1.85. The largest absolute Gasteiger partial charge is 0.265 e. The Labute approximate surface area is 110 Å². The predicted molar refractivity (Wildman–Crippen MR) is 80.9 cm³/mol. The minimum absolute atomic E-state index is 0.653. The van der Waals surface area contributed by atoms with Crippen LogP contribution in [0.15, 0.2) is 59.6 Å². The fourth-order valence-corrected chi connectivity index (χ4v) is 1.48. The molecule has 0 aliphatic carbocycles. The molecule has 2 aromatic rings. The third-order valence-corrected chi connectivity index (χ3v) is 2.68. The van der Waals surface area contributed by atoms with E-state index in [0.29, 0.717) is 5.92 Å². The molecule has 0 aliphatic heterocycles. The normalized spacial score (nSPS) is 9.56. The molecule has 0 fully saturated rings. The fraction of sp³-hybridized carbons (Fsp3) is 0.235. The van der Waals surface area contributed by atoms with Gasteiger partial charge in [-0.05, 0) is 37.3 Å². The summed E-state index contributed by atoms with van der Waals surface area (Å²) < 4.78 is 0. The zero-order chi connectivity index (χ0) is 13.4. The summed E-state index contributed by atoms with van der Waals surface area (Å²) in [7, 11) is 0. The maximum atomic E-state index is 3.72. The van der Waals surface area contributed by atoms with Crippen molar-refractivity contribution in [1.29, 1.82) is 0 Å². The maximum Gasteiger partial charge on any atom is 0.0622 e. The SMILES string of the molecule is C=Nc1ccccc1.Cc1ccc(C(C)C)cc1. The van der Waals surface area contributed by atoms with Crippen molar-refractivity contribution in [2.75, 3.05) is 0 Å². The smallest absolute Gasteiger partial charge is 0.0622 e. The molecular formula is C17H21N. The molecule has 0 aromatic heterocycles. The van der Waals surface area contributed by atoms with Crippen molar-refractivity contribution in [2.24, 2.45) is 4.99 Å². The Morgan fingerprint density at radius 1 is 0.889 bits per heavy atom. The molecule has 2 rings (SSSR count). The molecular weight excluding hydrogens is 218 g/mol. The molecule has 94 valence electrons. The second-order valence-corrected chi connectivity index (χ2v) is 4.56. The van der Waals surface area contributed by atoms with E-state index in [0.717, 1.165) is 5.69 Å². The van der Waals surface area contributed by atoms with Crippen LogP contribution in [0.3, 0.4) is 0 Å². The summed E-state index contributed by atoms with van der Waals surface area (Å²) in [6.07, 6.45) is 0. The van der Waals surface area contributed by atoms with Gasteiger partial charge in [0.2, 0.25) is 0 Å². The quantitative estimate of drug-likeness (QED) is 0.644. The number of hydrogen-bond donors (Lipinski definition) is 0. The van der Waals surface area contributed by atoms with Crippen LogP contribution in [0, 0.1) is 6.92 Å². The van der Waals surface area contributed by atoms with Crippen LogP contribution in [0.2, 0.25) is 0 Å². The summed E-state index contributed by atoms with van der Waals surface area (Å²) >= 11 is 0. The van der Waals surface area contributed by atoms with Crippen LogP contribution in [0.1, 0.15) is 30.9 Å². The molecule has 0 atom stereocenters. The Kier molecular flexibility index (Phi) is 5.86. The highest BCUT2D eigenvalue weighted by Gasteiger charge is 1.95. The van der Waals surface area contributed by atoms with Gasteiger partial charge in [0, 0.05) is 0 Å². The van der Waals surface area contributed by atoms with Crippen LogP contribution in [0.4, 0.5) is 5.69 Å². The van der Waals surface area contributed by atoms with Crippen molar-refractivity contribution in [3.05, 3.63) is 65.7 Å². The van der Waals surface area contributed by atoms with Crippen molar-refractivity contribution in [2.45, 2.75) is 26.7 Å². The van der Waals surface area contributed by atoms with Gasteiger partial charge in [-0.15, -0.1) is 0 Å². The third-order valence-electron chi connectivity index (χ3n) is 2.68. The second kappa shape index (κ2) is 7.44. The van der Waals surface area contributed by atoms with E-state index in [4.69, 9.17) is 0 Å². The summed E-state index contributed by atoms with van der Waals surface area (Å²) in [6, 6.07) is 18.4. The van der Waals surface area contributed by atoms with E-state index < -0.39 is 0 Å². The van der Waals surface area contributed by atoms with Crippen LogP contribution in [-0.2, 0) is 0 Å². The summed E-state index contributed by atoms with van der Waals surface area (Å²) in [5, 5.41) is 0. The number of para-hydroxylation sites is 1. The molecule has 0 saturated heterocycles. The molecule has 0 unspecified atom stereocenters. The first-order valence-electron chi connectivity index (χ1n) is 6.22. The highest BCUT2D eigenvalue weighted by atomic mass is 14.7. The molecule has 0 aliphatic rings. The lowest BCUT2D eigenvalue weighted by Gasteiger charge is -2.03. The van der Waals surface area contributed by atoms with Gasteiger partial charge in [0.25, 0.3) is 0 Å². The van der Waals surface area contributed by atoms with Crippen molar-refractivity contribution < 1.29 is 0 Å². The maximum absolute atomic E-state index is 3.72. The zero-order valence-corrected chi connectivity index (χ0v) is 11.4. The van der Waals surface area contributed by atoms with E-state index in [1.807, 2.05) is 30.3 Å². The summed E-state index contributed by atoms with van der Waals surface area (Å²) in [4.78, 5) is 3.72. The zero-order valence-electron chi connectivity index (χ0n) is 11.4. The molecule has 0 radical (unpaired) electrons. The molecule has 0 bridgehead atoms. The Morgan fingerprint density at radius 2 is 1.44 bits per heavy atom. The van der Waals surface area contributed by atoms with Gasteiger partial charge in [0.15, 0.2) is 0 Å². The summed E-state index contributed by atoms with van der Waals surface area (Å²) in [5.41, 5.74) is 3.68. The number of hydrogen-bond acceptors (Lipinski definition) is 1. The van der Waals surface area contributed by atoms with Crippen LogP contribution < -0.4 is 0 Å². The molecule has 1 nitrogen and oxygen atoms in total. The van der Waals surface area contributed by atoms with E-state index in [1.165, 1.54) is 11.1 Å². The molecule has 0 N–H and O–H groups in total. The standard InChI is InChI=1S/C10H14.C7H7N/c1-8(2)10-6-4-9(3)5-7-10;1-8-7-5-3-2-4-6-7/h4-8H,1-3H3;2-6H,1H2. The fourth-order valence-electron chi connectivity index (χ4n) is 1.48. The lowest BCUT2D eigenvalue weighted by molar-refractivity contribution is 0.866. The highest BCUT2D eigenvalue weighted by Crippen LogP contribution is 2.13. The number of aliphatic imine (C=N–C) groups is 1. The average Bonchev–Trinajstić information content (AvgIpc) is 2.41. The lowest BCUT2D eigenvalue weighted by atomic mass is 10.0. The van der Waals surface area contributed by atoms with Crippen LogP contribution in [0.5, 0.6) is 0 Å². The van der Waals surface area contributed by atoms with E-state index in [9.17, 15) is 0 Å². The van der Waals surface area contributed by atoms with Crippen molar-refractivity contribution in [3.8, 4) is 0 Å². The Bertz CT molecular complexity index is 455. The Hall–Kier alpha value is -1.89. The first-order chi connectivity index (χ1) is 8.63. The van der Waals surface area contributed by atoms with Gasteiger partial charge in [-0.25, -0.2) is 0 Å². The van der Waals surface area contributed by atoms with Crippen molar-refractivity contribution in [3.63, 3.8) is 0 Å². The van der Waals surface area contributed by atoms with Crippen LogP contribution in [-0.4, -0.2) is 6.72 Å². The molecule has 1 heteroatoms. The van der Waals surface area contributed by atoms with Gasteiger partial charge in [-0.3, -0.25) is 4.99 Å². The Morgan fingerprint density at radius 3 is 1.83 bits per heavy atom. The van der Waals surface area contributed by atoms with Gasteiger partial charge in [-0.1, -0.05) is 61.9 Å². The molecule has 2 aromatic carbocycles. The van der Waals surface area contributed by atoms with Gasteiger partial charge in [0.05, 0.1) is 5.69 Å². The van der Waals surface area contributed by atoms with Crippen molar-refractivity contribution >= 4 is 12.4 Å². The minimum atomic E-state index is 0.653. The second-order valence-electron chi connectivity index (χ2n) is 4.56. The first-order valence-corrected chi connectivity index (χ1v) is 6.22. The van der Waals surface area contributed by atoms with Gasteiger partial charge < -0.3 is 0 Å². The predicted octanol–water partition coefficient (Wildman–Crippen LogP) is 5.14. The number of nitrogens with zero attached hydrogens (tertiary/aromatic N) is 1. The van der Waals surface area contributed by atoms with Gasteiger partial charge in [-0.2, -0.15) is 0 Å². The topological polar surface area (TPSA) is 12.4 Å². The first kappa shape index (κ1) is 14.2. The van der Waals surface area contributed by atoms with Crippen LogP contribution >= 0.6 is 0 Å². The number of rotatable bonds is 2. The highest BCUT2D eigenvalue weighted by molar-refractivity contribution is 5.44. The minimum Gasteiger partial charge on any atom is -0.265 e. The van der Waals surface area contributed by atoms with E-state index in [1.54, 1.807) is 0 Å². The molecule has 18 heavy (non-hydrogen) atoms. The number of benzene rings is 2. The number of aryl methyl sites for hydroxylation is 1. The molecule has 0 spiro atoms. The monoisotopic (exact) mass is 239 g/mol. The van der Waals surface area contributed by atoms with E-state index in [-0.39, 0.29) is 0 Å². The van der Waals surface area contributed by atoms with Crippen LogP contribution in [0.25, 0.3) is 0 Å². The Balaban J connectivity index is 0.000000184. The van der Waals surface area contributed by atoms with Gasteiger partial charge >= 0.3 is 0 Å². The van der Waals surface area contributed by atoms with Crippen molar-refractivity contribution in [1.82, 2.24) is 0 Å².